The largest absolute Gasteiger partial charge is 0.506 e. The summed E-state index contributed by atoms with van der Waals surface area (Å²) in [5.74, 6) is -0.200. The molecule has 1 aliphatic rings. The van der Waals surface area contributed by atoms with Gasteiger partial charge >= 0.3 is 0 Å². The van der Waals surface area contributed by atoms with Crippen molar-refractivity contribution in [2.45, 2.75) is 11.8 Å². The zero-order valence-electron chi connectivity index (χ0n) is 13.2. The number of phenolic OH excluding ortho intramolecular Hbond substituents is 1. The fourth-order valence-electron chi connectivity index (χ4n) is 2.98. The Labute approximate surface area is 135 Å². The lowest BCUT2D eigenvalue weighted by molar-refractivity contribution is 0.0729. The second-order valence-electron chi connectivity index (χ2n) is 5.53. The van der Waals surface area contributed by atoms with Crippen LogP contribution in [0.3, 0.4) is 0 Å². The normalized spacial score (nSPS) is 16.6. The molecule has 1 fully saturated rings. The number of hydrogen-bond donors (Lipinski definition) is 2. The van der Waals surface area contributed by atoms with Crippen molar-refractivity contribution in [2.24, 2.45) is 0 Å². The lowest BCUT2D eigenvalue weighted by Crippen LogP contribution is -2.40. The molecule has 2 aromatic rings. The van der Waals surface area contributed by atoms with Gasteiger partial charge in [0.05, 0.1) is 13.2 Å². The first-order chi connectivity index (χ1) is 11.0. The predicted octanol–water partition coefficient (Wildman–Crippen LogP) is 1.92. The fourth-order valence-corrected chi connectivity index (χ4v) is 4.56. The van der Waals surface area contributed by atoms with E-state index in [2.05, 4.69) is 5.32 Å². The van der Waals surface area contributed by atoms with Gasteiger partial charge < -0.3 is 15.2 Å². The number of aryl methyl sites for hydroxylation is 1. The summed E-state index contributed by atoms with van der Waals surface area (Å²) in [4.78, 5) is -0.0438. The Balaban J connectivity index is 2.21. The number of nitrogens with one attached hydrogen (secondary N) is 1. The van der Waals surface area contributed by atoms with Gasteiger partial charge in [-0.25, -0.2) is 8.42 Å². The average molecular weight is 336 g/mol. The fraction of sp³-hybridized carbons (Fsp3) is 0.375. The number of sulfonamides is 1. The van der Waals surface area contributed by atoms with Gasteiger partial charge in [-0.2, -0.15) is 4.31 Å². The maximum Gasteiger partial charge on any atom is 0.246 e. The van der Waals surface area contributed by atoms with E-state index in [1.165, 1.54) is 4.31 Å². The Bertz CT molecular complexity index is 843. The van der Waals surface area contributed by atoms with E-state index < -0.39 is 10.0 Å². The highest BCUT2D eigenvalue weighted by molar-refractivity contribution is 7.89. The molecule has 1 saturated heterocycles. The van der Waals surface area contributed by atoms with E-state index in [1.807, 2.05) is 13.0 Å². The van der Waals surface area contributed by atoms with Crippen LogP contribution in [0.5, 0.6) is 5.75 Å². The Morgan fingerprint density at radius 1 is 1.26 bits per heavy atom. The highest BCUT2D eigenvalue weighted by atomic mass is 32.2. The van der Waals surface area contributed by atoms with Crippen molar-refractivity contribution in [1.82, 2.24) is 4.31 Å². The van der Waals surface area contributed by atoms with E-state index in [0.29, 0.717) is 31.7 Å². The zero-order valence-corrected chi connectivity index (χ0v) is 14.0. The molecule has 2 aromatic carbocycles. The molecule has 3 rings (SSSR count). The van der Waals surface area contributed by atoms with Crippen LogP contribution >= 0.6 is 0 Å². The molecule has 0 radical (unpaired) electrons. The number of phenols is 1. The van der Waals surface area contributed by atoms with Crippen LogP contribution in [-0.4, -0.2) is 51.2 Å². The molecular weight excluding hydrogens is 316 g/mol. The topological polar surface area (TPSA) is 78.9 Å². The lowest BCUT2D eigenvalue weighted by Gasteiger charge is -2.27. The Kier molecular flexibility index (Phi) is 4.18. The van der Waals surface area contributed by atoms with Crippen molar-refractivity contribution in [3.8, 4) is 5.75 Å². The van der Waals surface area contributed by atoms with Gasteiger partial charge in [-0.15, -0.1) is 0 Å². The molecule has 0 aliphatic carbocycles. The van der Waals surface area contributed by atoms with Gasteiger partial charge in [0, 0.05) is 36.6 Å². The van der Waals surface area contributed by atoms with Gasteiger partial charge in [0.15, 0.2) is 0 Å². The molecule has 124 valence electrons. The number of anilines is 1. The second kappa shape index (κ2) is 5.99. The molecule has 7 heteroatoms. The number of benzene rings is 2. The summed E-state index contributed by atoms with van der Waals surface area (Å²) in [6.07, 6.45) is 0. The maximum atomic E-state index is 12.9. The van der Waals surface area contributed by atoms with E-state index in [-0.39, 0.29) is 10.6 Å². The minimum absolute atomic E-state index is 0.0438. The molecule has 0 amide bonds. The van der Waals surface area contributed by atoms with Crippen LogP contribution in [0.2, 0.25) is 0 Å². The van der Waals surface area contributed by atoms with E-state index in [1.54, 1.807) is 25.2 Å². The van der Waals surface area contributed by atoms with Crippen LogP contribution in [-0.2, 0) is 14.8 Å². The third-order valence-electron chi connectivity index (χ3n) is 4.15. The molecule has 0 saturated carbocycles. The van der Waals surface area contributed by atoms with Crippen molar-refractivity contribution in [3.05, 3.63) is 29.8 Å². The molecule has 0 atom stereocenters. The molecule has 23 heavy (non-hydrogen) atoms. The van der Waals surface area contributed by atoms with Gasteiger partial charge in [0.2, 0.25) is 10.0 Å². The quantitative estimate of drug-likeness (QED) is 0.895. The first kappa shape index (κ1) is 16.0. The van der Waals surface area contributed by atoms with Crippen LogP contribution in [0.1, 0.15) is 5.56 Å². The summed E-state index contributed by atoms with van der Waals surface area (Å²) in [7, 11) is -1.95. The third-order valence-corrected chi connectivity index (χ3v) is 6.06. The molecule has 2 N–H and O–H groups in total. The average Bonchev–Trinajstić information content (AvgIpc) is 2.58. The van der Waals surface area contributed by atoms with Crippen molar-refractivity contribution in [3.63, 3.8) is 0 Å². The van der Waals surface area contributed by atoms with E-state index in [0.717, 1.165) is 16.6 Å². The summed E-state index contributed by atoms with van der Waals surface area (Å²) in [5.41, 5.74) is 1.65. The Morgan fingerprint density at radius 2 is 1.96 bits per heavy atom. The SMILES string of the molecule is CNc1cccc2c(O)c(S(=O)(=O)N3CCOCC3)cc(C)c12. The second-order valence-corrected chi connectivity index (χ2v) is 7.44. The van der Waals surface area contributed by atoms with Gasteiger partial charge in [0.25, 0.3) is 0 Å². The van der Waals surface area contributed by atoms with Crippen molar-refractivity contribution >= 4 is 26.5 Å². The first-order valence-electron chi connectivity index (χ1n) is 7.47. The van der Waals surface area contributed by atoms with Crippen LogP contribution in [0.4, 0.5) is 5.69 Å². The van der Waals surface area contributed by atoms with Gasteiger partial charge in [0.1, 0.15) is 10.6 Å². The van der Waals surface area contributed by atoms with E-state index in [9.17, 15) is 13.5 Å². The third kappa shape index (κ3) is 2.65. The number of morpholine rings is 1. The number of nitrogens with zero attached hydrogens (tertiary/aromatic N) is 1. The van der Waals surface area contributed by atoms with Crippen LogP contribution in [0.15, 0.2) is 29.2 Å². The number of aromatic hydroxyl groups is 1. The molecule has 1 aliphatic heterocycles. The highest BCUT2D eigenvalue weighted by Crippen LogP contribution is 2.38. The smallest absolute Gasteiger partial charge is 0.246 e. The monoisotopic (exact) mass is 336 g/mol. The lowest BCUT2D eigenvalue weighted by atomic mass is 10.0. The summed E-state index contributed by atoms with van der Waals surface area (Å²) in [6.45, 7) is 3.19. The van der Waals surface area contributed by atoms with Gasteiger partial charge in [-0.3, -0.25) is 0 Å². The minimum Gasteiger partial charge on any atom is -0.506 e. The number of fused-ring (bicyclic) bond motifs is 1. The van der Waals surface area contributed by atoms with Crippen LogP contribution < -0.4 is 5.32 Å². The Morgan fingerprint density at radius 3 is 2.61 bits per heavy atom. The van der Waals surface area contributed by atoms with Crippen LogP contribution in [0.25, 0.3) is 10.8 Å². The summed E-state index contributed by atoms with van der Waals surface area (Å²) < 4.78 is 32.3. The number of rotatable bonds is 3. The Hall–Kier alpha value is -1.83. The van der Waals surface area contributed by atoms with Gasteiger partial charge in [-0.05, 0) is 24.6 Å². The molecule has 6 nitrogen and oxygen atoms in total. The summed E-state index contributed by atoms with van der Waals surface area (Å²) in [6, 6.07) is 6.96. The first-order valence-corrected chi connectivity index (χ1v) is 8.91. The number of hydrogen-bond acceptors (Lipinski definition) is 5. The summed E-state index contributed by atoms with van der Waals surface area (Å²) in [5, 5.41) is 15.0. The van der Waals surface area contributed by atoms with Crippen molar-refractivity contribution in [1.29, 1.82) is 0 Å². The molecule has 0 bridgehead atoms. The highest BCUT2D eigenvalue weighted by Gasteiger charge is 2.30. The number of ether oxygens (including phenoxy) is 1. The maximum absolute atomic E-state index is 12.9. The minimum atomic E-state index is -3.74. The molecule has 0 aromatic heterocycles. The summed E-state index contributed by atoms with van der Waals surface area (Å²) >= 11 is 0. The molecule has 0 unspecified atom stereocenters. The van der Waals surface area contributed by atoms with E-state index in [4.69, 9.17) is 4.74 Å². The van der Waals surface area contributed by atoms with Crippen molar-refractivity contribution < 1.29 is 18.3 Å². The molecule has 0 spiro atoms. The zero-order chi connectivity index (χ0) is 16.6. The van der Waals surface area contributed by atoms with Crippen LogP contribution in [0, 0.1) is 6.92 Å². The molecular formula is C16H20N2O4S. The van der Waals surface area contributed by atoms with E-state index >= 15 is 0 Å². The predicted molar refractivity (Wildman–Crippen MR) is 89.5 cm³/mol. The molecule has 1 heterocycles. The van der Waals surface area contributed by atoms with Gasteiger partial charge in [-0.1, -0.05) is 12.1 Å². The standard InChI is InChI=1S/C16H20N2O4S/c1-11-10-14(23(20,21)18-6-8-22-9-7-18)16(19)12-4-3-5-13(17-2)15(11)12/h3-5,10,17,19H,6-9H2,1-2H3. The van der Waals surface area contributed by atoms with Crippen molar-refractivity contribution in [2.75, 3.05) is 38.7 Å².